The highest BCUT2D eigenvalue weighted by molar-refractivity contribution is 6.02. The number of rotatable bonds is 5. The molecule has 0 bridgehead atoms. The molecule has 0 spiro atoms. The molecule has 2 aromatic rings. The van der Waals surface area contributed by atoms with E-state index < -0.39 is 12.3 Å². The third-order valence-corrected chi connectivity index (χ3v) is 3.05. The Morgan fingerprint density at radius 3 is 2.19 bits per heavy atom. The molecular formula is C19H12O7. The number of fused-ring (bicyclic) bond motifs is 1. The van der Waals surface area contributed by atoms with Crippen molar-refractivity contribution < 1.29 is 33.3 Å². The van der Waals surface area contributed by atoms with Crippen LogP contribution in [0, 0.1) is 24.7 Å². The lowest BCUT2D eigenvalue weighted by Gasteiger charge is -2.10. The molecule has 2 rings (SSSR count). The summed E-state index contributed by atoms with van der Waals surface area (Å²) < 4.78 is 19.2. The van der Waals surface area contributed by atoms with Crippen molar-refractivity contribution in [1.82, 2.24) is 0 Å². The van der Waals surface area contributed by atoms with Crippen molar-refractivity contribution in [2.45, 2.75) is 0 Å². The number of benzene rings is 2. The minimum atomic E-state index is -1.05. The lowest BCUT2D eigenvalue weighted by atomic mass is 10.0. The minimum Gasteiger partial charge on any atom is -0.421 e. The maximum Gasteiger partial charge on any atom is 0.514 e. The van der Waals surface area contributed by atoms with Gasteiger partial charge in [-0.1, -0.05) is 24.0 Å². The first-order valence-electron chi connectivity index (χ1n) is 7.17. The number of hydrogen-bond acceptors (Lipinski definition) is 7. The highest BCUT2D eigenvalue weighted by Crippen LogP contribution is 2.30. The molecule has 0 N–H and O–H groups in total. The molecule has 0 amide bonds. The normalized spacial score (nSPS) is 9.46. The van der Waals surface area contributed by atoms with E-state index in [1.807, 2.05) is 0 Å². The standard InChI is InChI=1S/C19H12O7/c1-3-9-23-18(21)25-14-7-5-13-6-8-17(16(12-20)15(13)11-14)26-19(22)24-10-4-2/h1-2,5-8,11-12H,9-10H2. The van der Waals surface area contributed by atoms with Crippen LogP contribution < -0.4 is 9.47 Å². The van der Waals surface area contributed by atoms with Crippen LogP contribution in [0.15, 0.2) is 30.3 Å². The third kappa shape index (κ3) is 4.53. The molecule has 0 radical (unpaired) electrons. The Hall–Kier alpha value is -3.97. The Balaban J connectivity index is 2.32. The van der Waals surface area contributed by atoms with Gasteiger partial charge >= 0.3 is 12.3 Å². The van der Waals surface area contributed by atoms with E-state index >= 15 is 0 Å². The Morgan fingerprint density at radius 1 is 0.962 bits per heavy atom. The first kappa shape index (κ1) is 18.4. The lowest BCUT2D eigenvalue weighted by molar-refractivity contribution is 0.108. The van der Waals surface area contributed by atoms with Crippen LogP contribution in [0.3, 0.4) is 0 Å². The summed E-state index contributed by atoms with van der Waals surface area (Å²) in [4.78, 5) is 34.5. The van der Waals surface area contributed by atoms with Crippen molar-refractivity contribution >= 4 is 29.4 Å². The number of terminal acetylenes is 2. The van der Waals surface area contributed by atoms with Gasteiger partial charge in [0.05, 0.1) is 5.56 Å². The number of carbonyl (C=O) groups is 3. The molecule has 0 heterocycles. The fraction of sp³-hybridized carbons (Fsp3) is 0.105. The van der Waals surface area contributed by atoms with Crippen molar-refractivity contribution in [2.24, 2.45) is 0 Å². The summed E-state index contributed by atoms with van der Waals surface area (Å²) in [6.45, 7) is -0.496. The van der Waals surface area contributed by atoms with Crippen LogP contribution in [0.2, 0.25) is 0 Å². The van der Waals surface area contributed by atoms with Crippen molar-refractivity contribution in [1.29, 1.82) is 0 Å². The van der Waals surface area contributed by atoms with Gasteiger partial charge in [-0.2, -0.15) is 0 Å². The molecule has 0 atom stereocenters. The summed E-state index contributed by atoms with van der Waals surface area (Å²) in [7, 11) is 0. The highest BCUT2D eigenvalue weighted by Gasteiger charge is 2.14. The Bertz CT molecular complexity index is 926. The van der Waals surface area contributed by atoms with E-state index in [9.17, 15) is 14.4 Å². The van der Waals surface area contributed by atoms with Crippen molar-refractivity contribution in [3.63, 3.8) is 0 Å². The lowest BCUT2D eigenvalue weighted by Crippen LogP contribution is -2.12. The van der Waals surface area contributed by atoms with Gasteiger partial charge in [-0.15, -0.1) is 12.8 Å². The van der Waals surface area contributed by atoms with Gasteiger partial charge in [0.25, 0.3) is 0 Å². The number of aldehydes is 1. The molecule has 7 nitrogen and oxygen atoms in total. The SMILES string of the molecule is C#CCOC(=O)Oc1ccc2ccc(OC(=O)OCC#C)c(C=O)c2c1. The molecule has 0 unspecified atom stereocenters. The molecule has 0 aromatic heterocycles. The second-order valence-corrected chi connectivity index (χ2v) is 4.67. The molecule has 0 saturated heterocycles. The molecule has 0 saturated carbocycles. The van der Waals surface area contributed by atoms with E-state index in [1.54, 1.807) is 12.1 Å². The van der Waals surface area contributed by atoms with Gasteiger partial charge < -0.3 is 18.9 Å². The summed E-state index contributed by atoms with van der Waals surface area (Å²) in [5.41, 5.74) is 0.0719. The Morgan fingerprint density at radius 2 is 1.58 bits per heavy atom. The molecule has 26 heavy (non-hydrogen) atoms. The largest absolute Gasteiger partial charge is 0.514 e. The maximum atomic E-state index is 11.5. The van der Waals surface area contributed by atoms with E-state index in [1.165, 1.54) is 18.2 Å². The van der Waals surface area contributed by atoms with Gasteiger partial charge in [-0.3, -0.25) is 4.79 Å². The quantitative estimate of drug-likeness (QED) is 0.354. The zero-order valence-corrected chi connectivity index (χ0v) is 13.4. The Kier molecular flexibility index (Phi) is 6.19. The van der Waals surface area contributed by atoms with Crippen LogP contribution in [-0.2, 0) is 9.47 Å². The zero-order chi connectivity index (χ0) is 18.9. The predicted molar refractivity (Wildman–Crippen MR) is 91.0 cm³/mol. The van der Waals surface area contributed by atoms with Gasteiger partial charge in [0.15, 0.2) is 19.5 Å². The average molecular weight is 352 g/mol. The van der Waals surface area contributed by atoms with E-state index in [2.05, 4.69) is 21.3 Å². The second-order valence-electron chi connectivity index (χ2n) is 4.67. The molecule has 0 fully saturated rings. The van der Waals surface area contributed by atoms with E-state index in [0.717, 1.165) is 0 Å². The molecule has 0 aliphatic heterocycles. The Labute approximate surface area is 148 Å². The van der Waals surface area contributed by atoms with Crippen LogP contribution >= 0.6 is 0 Å². The summed E-state index contributed by atoms with van der Waals surface area (Å²) in [5.74, 6) is 4.34. The fourth-order valence-corrected chi connectivity index (χ4v) is 2.02. The number of carbonyl (C=O) groups excluding carboxylic acids is 3. The van der Waals surface area contributed by atoms with Crippen molar-refractivity contribution in [3.8, 4) is 36.2 Å². The van der Waals surface area contributed by atoms with Gasteiger partial charge in [0.1, 0.15) is 11.5 Å². The van der Waals surface area contributed by atoms with Crippen LogP contribution in [0.25, 0.3) is 10.8 Å². The topological polar surface area (TPSA) is 88.1 Å². The van der Waals surface area contributed by atoms with Crippen LogP contribution in [-0.4, -0.2) is 31.8 Å². The van der Waals surface area contributed by atoms with E-state index in [0.29, 0.717) is 17.1 Å². The van der Waals surface area contributed by atoms with E-state index in [-0.39, 0.29) is 30.3 Å². The third-order valence-electron chi connectivity index (χ3n) is 3.05. The molecular weight excluding hydrogens is 340 g/mol. The monoisotopic (exact) mass is 352 g/mol. The average Bonchev–Trinajstić information content (AvgIpc) is 2.64. The predicted octanol–water partition coefficient (Wildman–Crippen LogP) is 2.95. The minimum absolute atomic E-state index is 0.0263. The van der Waals surface area contributed by atoms with Gasteiger partial charge in [-0.25, -0.2) is 9.59 Å². The summed E-state index contributed by atoms with van der Waals surface area (Å²) >= 11 is 0. The molecule has 7 heteroatoms. The van der Waals surface area contributed by atoms with Crippen molar-refractivity contribution in [2.75, 3.05) is 13.2 Å². The first-order chi connectivity index (χ1) is 12.6. The van der Waals surface area contributed by atoms with Crippen LogP contribution in [0.4, 0.5) is 9.59 Å². The van der Waals surface area contributed by atoms with Crippen LogP contribution in [0.5, 0.6) is 11.5 Å². The first-order valence-corrected chi connectivity index (χ1v) is 7.17. The summed E-state index contributed by atoms with van der Waals surface area (Å²) in [5, 5.41) is 1.05. The highest BCUT2D eigenvalue weighted by atomic mass is 16.7. The molecule has 0 aliphatic carbocycles. The van der Waals surface area contributed by atoms with E-state index in [4.69, 9.17) is 22.3 Å². The number of hydrogen-bond donors (Lipinski definition) is 0. The van der Waals surface area contributed by atoms with Gasteiger partial charge in [-0.05, 0) is 29.0 Å². The van der Waals surface area contributed by atoms with Crippen molar-refractivity contribution in [3.05, 3.63) is 35.9 Å². The number of ether oxygens (including phenoxy) is 4. The summed E-state index contributed by atoms with van der Waals surface area (Å²) in [6, 6.07) is 7.61. The molecule has 2 aromatic carbocycles. The van der Waals surface area contributed by atoms with Crippen LogP contribution in [0.1, 0.15) is 10.4 Å². The molecule has 0 aliphatic rings. The summed E-state index contributed by atoms with van der Waals surface area (Å²) in [6.07, 6.45) is 8.45. The maximum absolute atomic E-state index is 11.5. The fourth-order valence-electron chi connectivity index (χ4n) is 2.02. The van der Waals surface area contributed by atoms with Gasteiger partial charge in [0.2, 0.25) is 0 Å². The molecule has 130 valence electrons. The second kappa shape index (κ2) is 8.76. The zero-order valence-electron chi connectivity index (χ0n) is 13.4. The van der Waals surface area contributed by atoms with Gasteiger partial charge in [0, 0.05) is 0 Å². The smallest absolute Gasteiger partial charge is 0.421 e.